The van der Waals surface area contributed by atoms with Gasteiger partial charge in [0.2, 0.25) is 0 Å². The lowest BCUT2D eigenvalue weighted by Gasteiger charge is -2.08. The summed E-state index contributed by atoms with van der Waals surface area (Å²) in [5.41, 5.74) is 2.10. The first kappa shape index (κ1) is 9.55. The van der Waals surface area contributed by atoms with Gasteiger partial charge in [0.05, 0.1) is 11.5 Å². The van der Waals surface area contributed by atoms with E-state index < -0.39 is 0 Å². The summed E-state index contributed by atoms with van der Waals surface area (Å²) < 4.78 is 0. The normalized spacial score (nSPS) is 17.5. The zero-order chi connectivity index (χ0) is 10.2. The van der Waals surface area contributed by atoms with Crippen LogP contribution in [-0.2, 0) is 11.8 Å². The fourth-order valence-electron chi connectivity index (χ4n) is 1.72. The lowest BCUT2D eigenvalue weighted by Crippen LogP contribution is -2.03. The van der Waals surface area contributed by atoms with Crippen molar-refractivity contribution in [1.29, 1.82) is 5.26 Å². The first-order chi connectivity index (χ1) is 6.70. The van der Waals surface area contributed by atoms with E-state index in [0.717, 1.165) is 29.8 Å². The number of halogens is 1. The molecule has 1 nitrogen and oxygen atoms in total. The second-order valence-electron chi connectivity index (χ2n) is 3.90. The number of rotatable bonds is 2. The summed E-state index contributed by atoms with van der Waals surface area (Å²) in [6, 6.07) is 8.40. The minimum atomic E-state index is -0.213. The number of nitriles is 1. The number of benzene rings is 1. The molecule has 0 amide bonds. The van der Waals surface area contributed by atoms with Gasteiger partial charge in [-0.2, -0.15) is 5.26 Å². The zero-order valence-corrected chi connectivity index (χ0v) is 8.93. The van der Waals surface area contributed by atoms with Crippen molar-refractivity contribution in [2.45, 2.75) is 31.6 Å². The van der Waals surface area contributed by atoms with Crippen molar-refractivity contribution in [3.8, 4) is 6.07 Å². The zero-order valence-electron chi connectivity index (χ0n) is 8.18. The van der Waals surface area contributed by atoms with Gasteiger partial charge in [-0.15, -0.1) is 0 Å². The van der Waals surface area contributed by atoms with E-state index in [1.54, 1.807) is 0 Å². The molecule has 0 radical (unpaired) electrons. The quantitative estimate of drug-likeness (QED) is 0.726. The smallest absolute Gasteiger partial charge is 0.0824 e. The monoisotopic (exact) mass is 205 g/mol. The lowest BCUT2D eigenvalue weighted by molar-refractivity contribution is 0.902. The van der Waals surface area contributed by atoms with E-state index in [4.69, 9.17) is 16.9 Å². The van der Waals surface area contributed by atoms with Gasteiger partial charge in [-0.3, -0.25) is 0 Å². The van der Waals surface area contributed by atoms with Crippen molar-refractivity contribution in [1.82, 2.24) is 0 Å². The second kappa shape index (κ2) is 3.29. The Hall–Kier alpha value is -1.00. The molecule has 0 aliphatic heterocycles. The Balaban J connectivity index is 2.45. The molecule has 1 aliphatic carbocycles. The van der Waals surface area contributed by atoms with Gasteiger partial charge >= 0.3 is 0 Å². The molecule has 1 saturated carbocycles. The van der Waals surface area contributed by atoms with Gasteiger partial charge in [0.25, 0.3) is 0 Å². The molecule has 1 aromatic carbocycles. The second-order valence-corrected chi connectivity index (χ2v) is 4.33. The summed E-state index contributed by atoms with van der Waals surface area (Å²) in [6.45, 7) is 2.10. The predicted octanol–water partition coefficient (Wildman–Crippen LogP) is 3.46. The van der Waals surface area contributed by atoms with Crippen molar-refractivity contribution in [3.63, 3.8) is 0 Å². The molecule has 72 valence electrons. The molecule has 0 heterocycles. The summed E-state index contributed by atoms with van der Waals surface area (Å²) in [7, 11) is 0. The van der Waals surface area contributed by atoms with Crippen LogP contribution in [0.15, 0.2) is 18.2 Å². The van der Waals surface area contributed by atoms with E-state index in [1.807, 2.05) is 12.1 Å². The van der Waals surface area contributed by atoms with E-state index in [-0.39, 0.29) is 5.41 Å². The third-order valence-electron chi connectivity index (χ3n) is 2.88. The van der Waals surface area contributed by atoms with Crippen LogP contribution in [0.25, 0.3) is 0 Å². The van der Waals surface area contributed by atoms with E-state index in [1.165, 1.54) is 5.56 Å². The molecule has 2 heteroatoms. The summed E-state index contributed by atoms with van der Waals surface area (Å²) in [5.74, 6) is 0. The summed E-state index contributed by atoms with van der Waals surface area (Å²) >= 11 is 6.01. The van der Waals surface area contributed by atoms with E-state index in [9.17, 15) is 0 Å². The topological polar surface area (TPSA) is 23.8 Å². The Morgan fingerprint density at radius 2 is 2.14 bits per heavy atom. The first-order valence-corrected chi connectivity index (χ1v) is 5.29. The maximum absolute atomic E-state index is 9.07. The van der Waals surface area contributed by atoms with Crippen LogP contribution in [0.4, 0.5) is 0 Å². The van der Waals surface area contributed by atoms with E-state index in [0.29, 0.717) is 0 Å². The summed E-state index contributed by atoms with van der Waals surface area (Å²) in [5, 5.41) is 9.82. The van der Waals surface area contributed by atoms with Crippen molar-refractivity contribution in [2.75, 3.05) is 0 Å². The van der Waals surface area contributed by atoms with Gasteiger partial charge in [-0.1, -0.05) is 24.6 Å². The Labute approximate surface area is 89.3 Å². The van der Waals surface area contributed by atoms with Gasteiger partial charge in [0, 0.05) is 5.02 Å². The molecule has 0 atom stereocenters. The molecule has 0 spiro atoms. The molecule has 1 aromatic rings. The number of hydrogen-bond donors (Lipinski definition) is 0. The Kier molecular flexibility index (Phi) is 2.25. The van der Waals surface area contributed by atoms with Crippen LogP contribution in [0.2, 0.25) is 5.02 Å². The van der Waals surface area contributed by atoms with Gasteiger partial charge < -0.3 is 0 Å². The predicted molar refractivity (Wildman–Crippen MR) is 57.4 cm³/mol. The minimum Gasteiger partial charge on any atom is -0.197 e. The van der Waals surface area contributed by atoms with Crippen LogP contribution in [0, 0.1) is 11.3 Å². The average molecular weight is 206 g/mol. The number of nitrogens with zero attached hydrogens (tertiary/aromatic N) is 1. The third kappa shape index (κ3) is 1.51. The molecule has 0 bridgehead atoms. The van der Waals surface area contributed by atoms with Crippen LogP contribution < -0.4 is 0 Å². The Morgan fingerprint density at radius 1 is 1.43 bits per heavy atom. The van der Waals surface area contributed by atoms with Crippen molar-refractivity contribution >= 4 is 11.6 Å². The highest BCUT2D eigenvalue weighted by molar-refractivity contribution is 6.30. The van der Waals surface area contributed by atoms with Crippen molar-refractivity contribution in [2.24, 2.45) is 0 Å². The van der Waals surface area contributed by atoms with Crippen molar-refractivity contribution in [3.05, 3.63) is 34.3 Å². The van der Waals surface area contributed by atoms with Crippen LogP contribution in [0.3, 0.4) is 0 Å². The maximum Gasteiger partial charge on any atom is 0.0824 e. The molecule has 0 saturated heterocycles. The SMILES string of the molecule is CCc1cc(Cl)cc(C2(C#N)CC2)c1. The van der Waals surface area contributed by atoms with Crippen LogP contribution in [0.5, 0.6) is 0 Å². The van der Waals surface area contributed by atoms with E-state index >= 15 is 0 Å². The number of aryl methyl sites for hydroxylation is 1. The highest BCUT2D eigenvalue weighted by Gasteiger charge is 2.45. The molecule has 0 aromatic heterocycles. The molecule has 0 N–H and O–H groups in total. The summed E-state index contributed by atoms with van der Waals surface area (Å²) in [4.78, 5) is 0. The minimum absolute atomic E-state index is 0.213. The van der Waals surface area contributed by atoms with E-state index in [2.05, 4.69) is 19.1 Å². The number of hydrogen-bond acceptors (Lipinski definition) is 1. The van der Waals surface area contributed by atoms with Crippen LogP contribution >= 0.6 is 11.6 Å². The highest BCUT2D eigenvalue weighted by Crippen LogP contribution is 2.48. The fourth-order valence-corrected chi connectivity index (χ4v) is 1.98. The lowest BCUT2D eigenvalue weighted by atomic mass is 9.95. The molecule has 1 aliphatic rings. The van der Waals surface area contributed by atoms with Crippen LogP contribution in [0.1, 0.15) is 30.9 Å². The summed E-state index contributed by atoms with van der Waals surface area (Å²) in [6.07, 6.45) is 2.93. The van der Waals surface area contributed by atoms with Crippen molar-refractivity contribution < 1.29 is 0 Å². The standard InChI is InChI=1S/C12H12ClN/c1-2-9-5-10(7-11(13)6-9)12(8-14)3-4-12/h5-7H,2-4H2,1H3. The fraction of sp³-hybridized carbons (Fsp3) is 0.417. The molecule has 0 unspecified atom stereocenters. The van der Waals surface area contributed by atoms with Crippen LogP contribution in [-0.4, -0.2) is 0 Å². The third-order valence-corrected chi connectivity index (χ3v) is 3.10. The van der Waals surface area contributed by atoms with Gasteiger partial charge in [0.15, 0.2) is 0 Å². The van der Waals surface area contributed by atoms with Gasteiger partial charge in [-0.25, -0.2) is 0 Å². The molecule has 14 heavy (non-hydrogen) atoms. The molecular weight excluding hydrogens is 194 g/mol. The van der Waals surface area contributed by atoms with Gasteiger partial charge in [0.1, 0.15) is 0 Å². The Morgan fingerprint density at radius 3 is 2.64 bits per heavy atom. The molecule has 2 rings (SSSR count). The molecule has 1 fully saturated rings. The Bertz CT molecular complexity index is 399. The largest absolute Gasteiger partial charge is 0.197 e. The highest BCUT2D eigenvalue weighted by atomic mass is 35.5. The average Bonchev–Trinajstić information content (AvgIpc) is 2.97. The van der Waals surface area contributed by atoms with Gasteiger partial charge in [-0.05, 0) is 42.5 Å². The maximum atomic E-state index is 9.07. The first-order valence-electron chi connectivity index (χ1n) is 4.91. The molecular formula is C12H12ClN.